The number of carbonyl (C=O) groups excluding carboxylic acids is 1. The van der Waals surface area contributed by atoms with Crippen molar-refractivity contribution in [3.63, 3.8) is 0 Å². The van der Waals surface area contributed by atoms with E-state index in [1.165, 1.54) is 0 Å². The van der Waals surface area contributed by atoms with E-state index in [0.717, 1.165) is 23.9 Å². The molecule has 3 rings (SSSR count). The summed E-state index contributed by atoms with van der Waals surface area (Å²) >= 11 is 0. The zero-order valence-corrected chi connectivity index (χ0v) is 17.4. The predicted molar refractivity (Wildman–Crippen MR) is 109 cm³/mol. The molecule has 164 valence electrons. The second-order valence-corrected chi connectivity index (χ2v) is 8.52. The van der Waals surface area contributed by atoms with Crippen LogP contribution in [0.4, 0.5) is 26.8 Å². The van der Waals surface area contributed by atoms with Crippen LogP contribution in [0.3, 0.4) is 0 Å². The molecule has 2 N–H and O–H groups in total. The first-order chi connectivity index (χ1) is 14.1. The summed E-state index contributed by atoms with van der Waals surface area (Å²) in [5.41, 5.74) is 0.183. The number of fused-ring (bicyclic) bond motifs is 1. The van der Waals surface area contributed by atoms with Crippen molar-refractivity contribution < 1.29 is 24.4 Å². The van der Waals surface area contributed by atoms with Gasteiger partial charge in [0.2, 0.25) is 0 Å². The number of carbonyl (C=O) groups is 2. The van der Waals surface area contributed by atoms with Crippen molar-refractivity contribution in [2.75, 3.05) is 29.4 Å². The highest BCUT2D eigenvalue weighted by atomic mass is 16.6. The van der Waals surface area contributed by atoms with Crippen LogP contribution in [0.25, 0.3) is 0 Å². The summed E-state index contributed by atoms with van der Waals surface area (Å²) in [6.07, 6.45) is 1.96. The first-order valence-corrected chi connectivity index (χ1v) is 9.98. The lowest BCUT2D eigenvalue weighted by molar-refractivity contribution is -0.384. The Balaban J connectivity index is 1.90. The summed E-state index contributed by atoms with van der Waals surface area (Å²) in [6.45, 7) is 6.57. The van der Waals surface area contributed by atoms with Crippen molar-refractivity contribution in [2.24, 2.45) is 0 Å². The Morgan fingerprint density at radius 3 is 2.70 bits per heavy atom. The quantitative estimate of drug-likeness (QED) is 0.561. The van der Waals surface area contributed by atoms with Gasteiger partial charge in [-0.05, 0) is 46.5 Å². The Labute approximate surface area is 174 Å². The van der Waals surface area contributed by atoms with E-state index in [-0.39, 0.29) is 17.5 Å². The number of ether oxygens (including phenoxy) is 1. The number of pyridine rings is 1. The zero-order chi connectivity index (χ0) is 22.1. The van der Waals surface area contributed by atoms with Gasteiger partial charge in [-0.2, -0.15) is 0 Å². The molecule has 1 atom stereocenters. The number of nitrogens with one attached hydrogen (secondary N) is 1. The monoisotopic (exact) mass is 421 g/mol. The topological polar surface area (TPSA) is 138 Å². The maximum Gasteiger partial charge on any atom is 0.413 e. The van der Waals surface area contributed by atoms with Gasteiger partial charge in [0.05, 0.1) is 4.92 Å². The molecular weight excluding hydrogens is 394 g/mol. The van der Waals surface area contributed by atoms with Crippen molar-refractivity contribution in [2.45, 2.75) is 58.1 Å². The molecule has 30 heavy (non-hydrogen) atoms. The Kier molecular flexibility index (Phi) is 5.99. The van der Waals surface area contributed by atoms with Gasteiger partial charge in [0, 0.05) is 31.2 Å². The average Bonchev–Trinajstić information content (AvgIpc) is 2.64. The van der Waals surface area contributed by atoms with Crippen LogP contribution in [0.15, 0.2) is 6.20 Å². The molecule has 2 amide bonds. The molecule has 2 aliphatic heterocycles. The number of nitrogens with zero attached hydrogens (tertiary/aromatic N) is 4. The van der Waals surface area contributed by atoms with Crippen LogP contribution in [-0.4, -0.2) is 58.5 Å². The standard InChI is InChI=1S/C19H27N5O6/c1-19(2,3)30-17(25)21-12-6-4-8-22(11-12)15-13-7-5-9-23(18(26)27)16(13)20-10-14(15)24(28)29/h10,12H,4-9,11H2,1-3H3,(H,21,25)(H,26,27)/t12-/m0/s1. The summed E-state index contributed by atoms with van der Waals surface area (Å²) in [5.74, 6) is 0.247. The summed E-state index contributed by atoms with van der Waals surface area (Å²) in [7, 11) is 0. The molecule has 2 aliphatic rings. The molecule has 0 radical (unpaired) electrons. The number of rotatable bonds is 3. The van der Waals surface area contributed by atoms with E-state index in [0.29, 0.717) is 43.7 Å². The molecule has 0 aliphatic carbocycles. The number of anilines is 2. The highest BCUT2D eigenvalue weighted by Crippen LogP contribution is 2.40. The number of carboxylic acid groups (broad SMARTS) is 1. The van der Waals surface area contributed by atoms with E-state index in [4.69, 9.17) is 4.74 Å². The number of piperidine rings is 1. The van der Waals surface area contributed by atoms with E-state index in [1.54, 1.807) is 20.8 Å². The third-order valence-electron chi connectivity index (χ3n) is 5.06. The molecule has 1 fully saturated rings. The van der Waals surface area contributed by atoms with Crippen molar-refractivity contribution in [3.05, 3.63) is 21.9 Å². The van der Waals surface area contributed by atoms with Crippen LogP contribution in [0.2, 0.25) is 0 Å². The minimum Gasteiger partial charge on any atom is -0.465 e. The average molecular weight is 421 g/mol. The molecule has 11 heteroatoms. The molecule has 0 aromatic carbocycles. The third-order valence-corrected chi connectivity index (χ3v) is 5.06. The van der Waals surface area contributed by atoms with Crippen LogP contribution in [0.1, 0.15) is 45.6 Å². The summed E-state index contributed by atoms with van der Waals surface area (Å²) in [4.78, 5) is 42.0. The number of nitro groups is 1. The third kappa shape index (κ3) is 4.71. The number of aromatic nitrogens is 1. The fraction of sp³-hybridized carbons (Fsp3) is 0.632. The Morgan fingerprint density at radius 2 is 2.07 bits per heavy atom. The fourth-order valence-corrected chi connectivity index (χ4v) is 3.95. The van der Waals surface area contributed by atoms with Crippen molar-refractivity contribution >= 4 is 29.4 Å². The highest BCUT2D eigenvalue weighted by molar-refractivity contribution is 5.89. The van der Waals surface area contributed by atoms with Gasteiger partial charge in [0.1, 0.15) is 23.3 Å². The van der Waals surface area contributed by atoms with Crippen LogP contribution >= 0.6 is 0 Å². The molecule has 0 saturated carbocycles. The lowest BCUT2D eigenvalue weighted by Gasteiger charge is -2.37. The maximum atomic E-state index is 12.2. The van der Waals surface area contributed by atoms with Gasteiger partial charge in [0.15, 0.2) is 0 Å². The van der Waals surface area contributed by atoms with Gasteiger partial charge in [-0.15, -0.1) is 0 Å². The number of hydrogen-bond acceptors (Lipinski definition) is 7. The van der Waals surface area contributed by atoms with E-state index < -0.39 is 22.7 Å². The van der Waals surface area contributed by atoms with Gasteiger partial charge >= 0.3 is 17.9 Å². The minimum absolute atomic E-state index is 0.154. The Hall–Kier alpha value is -3.11. The van der Waals surface area contributed by atoms with E-state index >= 15 is 0 Å². The van der Waals surface area contributed by atoms with E-state index in [9.17, 15) is 24.8 Å². The van der Waals surface area contributed by atoms with Gasteiger partial charge in [0.25, 0.3) is 0 Å². The normalized spacial score (nSPS) is 19.1. The second kappa shape index (κ2) is 8.33. The van der Waals surface area contributed by atoms with E-state index in [1.807, 2.05) is 4.90 Å². The molecule has 1 saturated heterocycles. The Morgan fingerprint density at radius 1 is 1.33 bits per heavy atom. The predicted octanol–water partition coefficient (Wildman–Crippen LogP) is 2.91. The van der Waals surface area contributed by atoms with Gasteiger partial charge in [-0.1, -0.05) is 0 Å². The molecule has 11 nitrogen and oxygen atoms in total. The van der Waals surface area contributed by atoms with Crippen LogP contribution in [-0.2, 0) is 11.2 Å². The molecule has 1 aromatic heterocycles. The molecule has 0 bridgehead atoms. The summed E-state index contributed by atoms with van der Waals surface area (Å²) in [6, 6.07) is -0.240. The largest absolute Gasteiger partial charge is 0.465 e. The highest BCUT2D eigenvalue weighted by Gasteiger charge is 2.35. The lowest BCUT2D eigenvalue weighted by Crippen LogP contribution is -2.49. The Bertz CT molecular complexity index is 853. The first kappa shape index (κ1) is 21.6. The zero-order valence-electron chi connectivity index (χ0n) is 17.4. The minimum atomic E-state index is -1.13. The van der Waals surface area contributed by atoms with Crippen molar-refractivity contribution in [1.82, 2.24) is 10.3 Å². The van der Waals surface area contributed by atoms with Crippen molar-refractivity contribution in [1.29, 1.82) is 0 Å². The molecule has 3 heterocycles. The van der Waals surface area contributed by atoms with Crippen LogP contribution in [0.5, 0.6) is 0 Å². The lowest BCUT2D eigenvalue weighted by atomic mass is 9.99. The van der Waals surface area contributed by atoms with E-state index in [2.05, 4.69) is 10.3 Å². The summed E-state index contributed by atoms with van der Waals surface area (Å²) in [5, 5.41) is 24.0. The molecular formula is C19H27N5O6. The molecule has 0 unspecified atom stereocenters. The molecule has 0 spiro atoms. The van der Waals surface area contributed by atoms with Crippen LogP contribution < -0.4 is 15.1 Å². The second-order valence-electron chi connectivity index (χ2n) is 8.52. The summed E-state index contributed by atoms with van der Waals surface area (Å²) < 4.78 is 5.32. The number of hydrogen-bond donors (Lipinski definition) is 2. The van der Waals surface area contributed by atoms with Crippen LogP contribution in [0, 0.1) is 10.1 Å². The first-order valence-electron chi connectivity index (χ1n) is 9.98. The van der Waals surface area contributed by atoms with Gasteiger partial charge < -0.3 is 20.1 Å². The SMILES string of the molecule is CC(C)(C)OC(=O)N[C@H]1CCCN(c2c([N+](=O)[O-])cnc3c2CCCN3C(=O)O)C1. The smallest absolute Gasteiger partial charge is 0.413 e. The maximum absolute atomic E-state index is 12.2. The number of alkyl carbamates (subject to hydrolysis) is 1. The fourth-order valence-electron chi connectivity index (χ4n) is 3.95. The van der Waals surface area contributed by atoms with Gasteiger partial charge in [-0.3, -0.25) is 15.0 Å². The molecule has 1 aromatic rings. The van der Waals surface area contributed by atoms with Crippen molar-refractivity contribution in [3.8, 4) is 0 Å². The number of amides is 2. The van der Waals surface area contributed by atoms with Gasteiger partial charge in [-0.25, -0.2) is 14.6 Å².